The zero-order chi connectivity index (χ0) is 12.5. The minimum absolute atomic E-state index is 0. The Balaban J connectivity index is 0.00000162. The summed E-state index contributed by atoms with van der Waals surface area (Å²) in [5.41, 5.74) is 6.19. The Labute approximate surface area is 113 Å². The molecule has 0 bridgehead atoms. The number of rotatable bonds is 2. The summed E-state index contributed by atoms with van der Waals surface area (Å²) in [6.07, 6.45) is 4.27. The maximum absolute atomic E-state index is 12.3. The highest BCUT2D eigenvalue weighted by molar-refractivity contribution is 7.89. The fourth-order valence-corrected chi connectivity index (χ4v) is 3.44. The normalized spacial score (nSPS) is 18.3. The van der Waals surface area contributed by atoms with E-state index in [0.717, 1.165) is 0 Å². The van der Waals surface area contributed by atoms with Gasteiger partial charge in [-0.25, -0.2) is 13.4 Å². The van der Waals surface area contributed by atoms with E-state index in [1.807, 2.05) is 0 Å². The summed E-state index contributed by atoms with van der Waals surface area (Å²) in [7, 11) is -3.51. The molecule has 1 aliphatic heterocycles. The van der Waals surface area contributed by atoms with Crippen molar-refractivity contribution in [2.24, 2.45) is 5.73 Å². The Morgan fingerprint density at radius 1 is 1.28 bits per heavy atom. The first kappa shape index (κ1) is 15.3. The quantitative estimate of drug-likeness (QED) is 0.848. The van der Waals surface area contributed by atoms with Gasteiger partial charge < -0.3 is 5.73 Å². The van der Waals surface area contributed by atoms with Gasteiger partial charge in [-0.3, -0.25) is 4.98 Å². The molecule has 102 valence electrons. The van der Waals surface area contributed by atoms with Crippen LogP contribution in [0.25, 0.3) is 0 Å². The lowest BCUT2D eigenvalue weighted by molar-refractivity contribution is 0.319. The van der Waals surface area contributed by atoms with Gasteiger partial charge in [0.2, 0.25) is 0 Å². The van der Waals surface area contributed by atoms with E-state index in [1.54, 1.807) is 6.92 Å². The van der Waals surface area contributed by atoms with Gasteiger partial charge in [-0.15, -0.1) is 12.4 Å². The van der Waals surface area contributed by atoms with Gasteiger partial charge in [0.15, 0.2) is 5.03 Å². The van der Waals surface area contributed by atoms with Crippen LogP contribution >= 0.6 is 12.4 Å². The van der Waals surface area contributed by atoms with Crippen molar-refractivity contribution in [3.63, 3.8) is 0 Å². The van der Waals surface area contributed by atoms with E-state index in [2.05, 4.69) is 9.97 Å². The average molecular weight is 293 g/mol. The zero-order valence-corrected chi connectivity index (χ0v) is 11.7. The second-order valence-corrected chi connectivity index (χ2v) is 6.04. The van der Waals surface area contributed by atoms with Crippen LogP contribution < -0.4 is 5.73 Å². The molecule has 0 aromatic carbocycles. The Hall–Kier alpha value is -0.760. The van der Waals surface area contributed by atoms with Gasteiger partial charge in [0, 0.05) is 31.5 Å². The van der Waals surface area contributed by atoms with Crippen LogP contribution in [0.1, 0.15) is 18.5 Å². The number of aromatic nitrogens is 2. The summed E-state index contributed by atoms with van der Waals surface area (Å²) in [5.74, 6) is 0. The summed E-state index contributed by atoms with van der Waals surface area (Å²) in [4.78, 5) is 7.88. The molecule has 0 spiro atoms. The largest absolute Gasteiger partial charge is 0.328 e. The van der Waals surface area contributed by atoms with E-state index in [4.69, 9.17) is 5.73 Å². The van der Waals surface area contributed by atoms with Crippen LogP contribution in [0.2, 0.25) is 0 Å². The third kappa shape index (κ3) is 2.97. The van der Waals surface area contributed by atoms with Crippen LogP contribution in [-0.4, -0.2) is 41.8 Å². The standard InChI is InChI=1S/C10H16N4O2S.ClH/c1-8-10(13-5-4-12-8)17(15,16)14-6-2-9(11)3-7-14;/h4-5,9H,2-3,6-7,11H2,1H3;1H. The van der Waals surface area contributed by atoms with Crippen molar-refractivity contribution < 1.29 is 8.42 Å². The van der Waals surface area contributed by atoms with E-state index in [0.29, 0.717) is 31.6 Å². The van der Waals surface area contributed by atoms with Gasteiger partial charge in [-0.05, 0) is 19.8 Å². The fraction of sp³-hybridized carbons (Fsp3) is 0.600. The number of hydrogen-bond acceptors (Lipinski definition) is 5. The van der Waals surface area contributed by atoms with Gasteiger partial charge in [0.25, 0.3) is 10.0 Å². The molecular formula is C10H17ClN4O2S. The van der Waals surface area contributed by atoms with Crippen LogP contribution in [0.15, 0.2) is 17.4 Å². The number of hydrogen-bond donors (Lipinski definition) is 1. The first-order valence-corrected chi connectivity index (χ1v) is 6.99. The third-order valence-electron chi connectivity index (χ3n) is 2.92. The molecule has 0 aliphatic carbocycles. The lowest BCUT2D eigenvalue weighted by atomic mass is 10.1. The molecule has 1 saturated heterocycles. The smallest absolute Gasteiger partial charge is 0.262 e. The second kappa shape index (κ2) is 5.92. The molecule has 2 N–H and O–H groups in total. The monoisotopic (exact) mass is 292 g/mol. The van der Waals surface area contributed by atoms with Crippen molar-refractivity contribution in [3.05, 3.63) is 18.1 Å². The van der Waals surface area contributed by atoms with E-state index < -0.39 is 10.0 Å². The first-order chi connectivity index (χ1) is 8.01. The molecule has 0 unspecified atom stereocenters. The number of nitrogens with zero attached hydrogens (tertiary/aromatic N) is 3. The highest BCUT2D eigenvalue weighted by atomic mass is 35.5. The van der Waals surface area contributed by atoms with Gasteiger partial charge in [0.05, 0.1) is 5.69 Å². The number of piperidine rings is 1. The highest BCUT2D eigenvalue weighted by Crippen LogP contribution is 2.19. The first-order valence-electron chi connectivity index (χ1n) is 5.55. The molecule has 2 rings (SSSR count). The molecule has 1 aromatic heterocycles. The maximum Gasteiger partial charge on any atom is 0.262 e. The predicted molar refractivity (Wildman–Crippen MR) is 70.0 cm³/mol. The molecule has 1 fully saturated rings. The molecule has 0 amide bonds. The van der Waals surface area contributed by atoms with Crippen LogP contribution in [0.5, 0.6) is 0 Å². The molecule has 0 atom stereocenters. The van der Waals surface area contributed by atoms with E-state index in [-0.39, 0.29) is 23.5 Å². The van der Waals surface area contributed by atoms with Crippen LogP contribution in [-0.2, 0) is 10.0 Å². The molecule has 8 heteroatoms. The van der Waals surface area contributed by atoms with Crippen LogP contribution in [0.3, 0.4) is 0 Å². The maximum atomic E-state index is 12.3. The minimum atomic E-state index is -3.51. The van der Waals surface area contributed by atoms with E-state index in [9.17, 15) is 8.42 Å². The Morgan fingerprint density at radius 2 is 1.83 bits per heavy atom. The zero-order valence-electron chi connectivity index (χ0n) is 10.1. The Bertz CT molecular complexity index is 500. The summed E-state index contributed by atoms with van der Waals surface area (Å²) in [6, 6.07) is 0.101. The van der Waals surface area contributed by atoms with Crippen molar-refractivity contribution in [2.45, 2.75) is 30.8 Å². The van der Waals surface area contributed by atoms with Gasteiger partial charge in [-0.2, -0.15) is 4.31 Å². The Morgan fingerprint density at radius 3 is 2.39 bits per heavy atom. The summed E-state index contributed by atoms with van der Waals surface area (Å²) in [5, 5.41) is 0.0514. The van der Waals surface area contributed by atoms with Crippen molar-refractivity contribution >= 4 is 22.4 Å². The molecule has 18 heavy (non-hydrogen) atoms. The molecular weight excluding hydrogens is 276 g/mol. The van der Waals surface area contributed by atoms with Crippen molar-refractivity contribution in [1.29, 1.82) is 0 Å². The summed E-state index contributed by atoms with van der Waals surface area (Å²) < 4.78 is 26.0. The molecule has 1 aliphatic rings. The topological polar surface area (TPSA) is 89.2 Å². The number of nitrogens with two attached hydrogens (primary N) is 1. The van der Waals surface area contributed by atoms with Crippen LogP contribution in [0.4, 0.5) is 0 Å². The molecule has 1 aromatic rings. The molecule has 6 nitrogen and oxygen atoms in total. The summed E-state index contributed by atoms with van der Waals surface area (Å²) in [6.45, 7) is 2.56. The number of halogens is 1. The highest BCUT2D eigenvalue weighted by Gasteiger charge is 2.30. The van der Waals surface area contributed by atoms with Crippen molar-refractivity contribution in [2.75, 3.05) is 13.1 Å². The summed E-state index contributed by atoms with van der Waals surface area (Å²) >= 11 is 0. The predicted octanol–water partition coefficient (Wildman–Crippen LogP) is 0.319. The molecule has 0 radical (unpaired) electrons. The van der Waals surface area contributed by atoms with E-state index in [1.165, 1.54) is 16.7 Å². The lowest BCUT2D eigenvalue weighted by Crippen LogP contribution is -2.43. The van der Waals surface area contributed by atoms with Crippen LogP contribution in [0, 0.1) is 6.92 Å². The fourth-order valence-electron chi connectivity index (χ4n) is 1.89. The Kier molecular flexibility index (Phi) is 5.03. The molecule has 2 heterocycles. The van der Waals surface area contributed by atoms with Gasteiger partial charge in [-0.1, -0.05) is 0 Å². The SMILES string of the molecule is Cc1nccnc1S(=O)(=O)N1CCC(N)CC1.Cl. The third-order valence-corrected chi connectivity index (χ3v) is 4.85. The number of sulfonamides is 1. The number of aryl methyl sites for hydroxylation is 1. The van der Waals surface area contributed by atoms with Gasteiger partial charge in [0.1, 0.15) is 0 Å². The molecule has 0 saturated carbocycles. The van der Waals surface area contributed by atoms with E-state index >= 15 is 0 Å². The second-order valence-electron chi connectivity index (χ2n) is 4.19. The average Bonchev–Trinajstić information content (AvgIpc) is 2.30. The van der Waals surface area contributed by atoms with Crippen molar-refractivity contribution in [3.8, 4) is 0 Å². The van der Waals surface area contributed by atoms with Crippen molar-refractivity contribution in [1.82, 2.24) is 14.3 Å². The minimum Gasteiger partial charge on any atom is -0.328 e. The lowest BCUT2D eigenvalue weighted by Gasteiger charge is -2.29. The van der Waals surface area contributed by atoms with Gasteiger partial charge >= 0.3 is 0 Å².